The molecule has 0 atom stereocenters. The lowest BCUT2D eigenvalue weighted by Gasteiger charge is -2.11. The summed E-state index contributed by atoms with van der Waals surface area (Å²) in [6, 6.07) is 0.898. The lowest BCUT2D eigenvalue weighted by molar-refractivity contribution is -0.145. The van der Waals surface area contributed by atoms with Crippen LogP contribution in [0.3, 0.4) is 0 Å². The maximum atomic E-state index is 12.0. The number of hydrogen-bond donors (Lipinski definition) is 1. The van der Waals surface area contributed by atoms with E-state index in [0.717, 1.165) is 10.6 Å². The first-order valence-electron chi connectivity index (χ1n) is 7.66. The van der Waals surface area contributed by atoms with Crippen molar-refractivity contribution in [2.45, 2.75) is 26.4 Å². The number of rotatable bonds is 6. The summed E-state index contributed by atoms with van der Waals surface area (Å²) in [5, 5.41) is 4.24. The summed E-state index contributed by atoms with van der Waals surface area (Å²) in [7, 11) is 0. The summed E-state index contributed by atoms with van der Waals surface area (Å²) in [6.07, 6.45) is 0.383. The summed E-state index contributed by atoms with van der Waals surface area (Å²) in [4.78, 5) is 52.5. The van der Waals surface area contributed by atoms with Crippen molar-refractivity contribution < 1.29 is 19.1 Å². The maximum Gasteiger partial charge on any atom is 0.324 e. The average molecular weight is 364 g/mol. The zero-order valence-corrected chi connectivity index (χ0v) is 14.3. The lowest BCUT2D eigenvalue weighted by atomic mass is 10.3. The number of fused-ring (bicyclic) bond motifs is 1. The second-order valence-corrected chi connectivity index (χ2v) is 6.39. The minimum absolute atomic E-state index is 0.00480. The third kappa shape index (κ3) is 3.68. The zero-order chi connectivity index (χ0) is 18.0. The highest BCUT2D eigenvalue weighted by atomic mass is 32.1. The molecule has 3 rings (SSSR count). The van der Waals surface area contributed by atoms with E-state index in [-0.39, 0.29) is 37.6 Å². The molecule has 2 aromatic rings. The van der Waals surface area contributed by atoms with Gasteiger partial charge in [-0.05, 0) is 13.3 Å². The number of nitrogens with zero attached hydrogens (tertiary/aromatic N) is 3. The first-order valence-corrected chi connectivity index (χ1v) is 8.54. The fourth-order valence-electron chi connectivity index (χ4n) is 2.46. The van der Waals surface area contributed by atoms with E-state index in [1.165, 1.54) is 21.8 Å². The van der Waals surface area contributed by atoms with E-state index in [0.29, 0.717) is 17.1 Å². The van der Waals surface area contributed by atoms with Gasteiger partial charge in [-0.1, -0.05) is 0 Å². The van der Waals surface area contributed by atoms with Crippen molar-refractivity contribution in [3.05, 3.63) is 33.2 Å². The molecular formula is C15H16N4O5S. The molecule has 0 aromatic carbocycles. The largest absolute Gasteiger partial charge is 0.459 e. The number of hydrogen-bond acceptors (Lipinski definition) is 7. The van der Waals surface area contributed by atoms with Crippen LogP contribution in [0, 0.1) is 6.92 Å². The van der Waals surface area contributed by atoms with Crippen molar-refractivity contribution in [2.24, 2.45) is 0 Å². The monoisotopic (exact) mass is 364 g/mol. The zero-order valence-electron chi connectivity index (χ0n) is 13.5. The molecular weight excluding hydrogens is 348 g/mol. The van der Waals surface area contributed by atoms with Gasteiger partial charge in [0.1, 0.15) is 6.61 Å². The highest BCUT2D eigenvalue weighted by Crippen LogP contribution is 2.12. The van der Waals surface area contributed by atoms with Crippen molar-refractivity contribution in [2.75, 3.05) is 13.1 Å². The van der Waals surface area contributed by atoms with Gasteiger partial charge < -0.3 is 10.1 Å². The van der Waals surface area contributed by atoms with Gasteiger partial charge in [-0.15, -0.1) is 11.3 Å². The Morgan fingerprint density at radius 3 is 2.92 bits per heavy atom. The molecule has 1 fully saturated rings. The van der Waals surface area contributed by atoms with Crippen LogP contribution < -0.4 is 10.9 Å². The molecule has 9 nitrogen and oxygen atoms in total. The van der Waals surface area contributed by atoms with E-state index in [1.54, 1.807) is 0 Å². The number of amides is 3. The van der Waals surface area contributed by atoms with Gasteiger partial charge in [-0.25, -0.2) is 9.78 Å². The number of esters is 1. The van der Waals surface area contributed by atoms with Crippen LogP contribution in [0.4, 0.5) is 4.79 Å². The highest BCUT2D eigenvalue weighted by Gasteiger charge is 2.27. The topological polar surface area (TPSA) is 110 Å². The lowest BCUT2D eigenvalue weighted by Crippen LogP contribution is -2.32. The van der Waals surface area contributed by atoms with Crippen LogP contribution in [0.1, 0.15) is 24.2 Å². The fraction of sp³-hybridized carbons (Fsp3) is 0.400. The molecule has 0 bridgehead atoms. The van der Waals surface area contributed by atoms with Crippen molar-refractivity contribution in [3.63, 3.8) is 0 Å². The molecule has 3 heterocycles. The summed E-state index contributed by atoms with van der Waals surface area (Å²) >= 11 is 1.34. The molecule has 1 N–H and O–H groups in total. The number of urea groups is 1. The van der Waals surface area contributed by atoms with Gasteiger partial charge >= 0.3 is 12.0 Å². The second-order valence-electron chi connectivity index (χ2n) is 5.55. The van der Waals surface area contributed by atoms with Crippen LogP contribution in [-0.4, -0.2) is 45.3 Å². The van der Waals surface area contributed by atoms with E-state index < -0.39 is 12.0 Å². The Balaban J connectivity index is 1.50. The Morgan fingerprint density at radius 2 is 2.20 bits per heavy atom. The third-order valence-electron chi connectivity index (χ3n) is 3.71. The number of carbonyl (C=O) groups excluding carboxylic acids is 3. The molecule has 1 aliphatic heterocycles. The molecule has 0 aliphatic carbocycles. The molecule has 10 heteroatoms. The van der Waals surface area contributed by atoms with Crippen LogP contribution in [-0.2, 0) is 20.9 Å². The number of thiazole rings is 1. The molecule has 25 heavy (non-hydrogen) atoms. The van der Waals surface area contributed by atoms with Gasteiger partial charge in [0.25, 0.3) is 5.56 Å². The molecule has 1 aliphatic rings. The Bertz CT molecular complexity index is 887. The quantitative estimate of drug-likeness (QED) is 0.588. The number of nitrogens with one attached hydrogen (secondary N) is 1. The first-order chi connectivity index (χ1) is 12.0. The van der Waals surface area contributed by atoms with Gasteiger partial charge in [-0.3, -0.25) is 23.7 Å². The predicted molar refractivity (Wildman–Crippen MR) is 88.2 cm³/mol. The number of aryl methyl sites for hydroxylation is 1. The Labute approximate surface area is 146 Å². The van der Waals surface area contributed by atoms with Gasteiger partial charge in [0.15, 0.2) is 4.96 Å². The van der Waals surface area contributed by atoms with Gasteiger partial charge in [0.05, 0.1) is 12.2 Å². The molecule has 0 spiro atoms. The van der Waals surface area contributed by atoms with Gasteiger partial charge in [0.2, 0.25) is 5.91 Å². The summed E-state index contributed by atoms with van der Waals surface area (Å²) in [5.74, 6) is -0.779. The third-order valence-corrected chi connectivity index (χ3v) is 4.65. The summed E-state index contributed by atoms with van der Waals surface area (Å²) in [6.45, 7) is 1.89. The molecule has 0 radical (unpaired) electrons. The van der Waals surface area contributed by atoms with E-state index >= 15 is 0 Å². The fourth-order valence-corrected chi connectivity index (χ4v) is 3.36. The number of imide groups is 1. The van der Waals surface area contributed by atoms with Gasteiger partial charge in [0, 0.05) is 30.1 Å². The standard InChI is InChI=1S/C15H16N4O5S/c1-9-8-25-15-17-10(5-11(20)19(9)15)7-24-13(22)3-2-4-18-12(21)6-16-14(18)23/h5,8H,2-4,6-7H2,1H3,(H,16,23). The van der Waals surface area contributed by atoms with Gasteiger partial charge in [-0.2, -0.15) is 0 Å². The Kier molecular flexibility index (Phi) is 4.79. The van der Waals surface area contributed by atoms with Crippen molar-refractivity contribution in [3.8, 4) is 0 Å². The molecule has 0 saturated carbocycles. The highest BCUT2D eigenvalue weighted by molar-refractivity contribution is 7.15. The number of aromatic nitrogens is 2. The minimum Gasteiger partial charge on any atom is -0.459 e. The number of carbonyl (C=O) groups is 3. The van der Waals surface area contributed by atoms with E-state index in [1.807, 2.05) is 12.3 Å². The van der Waals surface area contributed by atoms with Crippen LogP contribution in [0.2, 0.25) is 0 Å². The predicted octanol–water partition coefficient (Wildman–Crippen LogP) is 0.440. The molecule has 0 unspecified atom stereocenters. The second kappa shape index (κ2) is 7.01. The van der Waals surface area contributed by atoms with Crippen LogP contribution >= 0.6 is 11.3 Å². The number of ether oxygens (including phenoxy) is 1. The normalized spacial score (nSPS) is 14.2. The van der Waals surface area contributed by atoms with E-state index in [4.69, 9.17) is 4.74 Å². The first kappa shape index (κ1) is 17.1. The molecule has 1 saturated heterocycles. The van der Waals surface area contributed by atoms with Crippen molar-refractivity contribution >= 4 is 34.2 Å². The van der Waals surface area contributed by atoms with E-state index in [2.05, 4.69) is 10.3 Å². The van der Waals surface area contributed by atoms with Crippen LogP contribution in [0.25, 0.3) is 4.96 Å². The van der Waals surface area contributed by atoms with E-state index in [9.17, 15) is 19.2 Å². The Morgan fingerprint density at radius 1 is 1.40 bits per heavy atom. The maximum absolute atomic E-state index is 12.0. The van der Waals surface area contributed by atoms with Crippen molar-refractivity contribution in [1.82, 2.24) is 19.6 Å². The smallest absolute Gasteiger partial charge is 0.324 e. The average Bonchev–Trinajstić information content (AvgIpc) is 3.10. The summed E-state index contributed by atoms with van der Waals surface area (Å²) < 4.78 is 6.60. The Hall–Kier alpha value is -2.75. The molecule has 132 valence electrons. The van der Waals surface area contributed by atoms with Crippen LogP contribution in [0.15, 0.2) is 16.2 Å². The SMILES string of the molecule is Cc1csc2nc(COC(=O)CCCN3C(=O)CNC3=O)cc(=O)n12. The van der Waals surface area contributed by atoms with Crippen LogP contribution in [0.5, 0.6) is 0 Å². The molecule has 3 amide bonds. The molecule has 2 aromatic heterocycles. The van der Waals surface area contributed by atoms with Crippen molar-refractivity contribution in [1.29, 1.82) is 0 Å². The summed E-state index contributed by atoms with van der Waals surface area (Å²) in [5.41, 5.74) is 0.976. The minimum atomic E-state index is -0.476.